The van der Waals surface area contributed by atoms with E-state index in [-0.39, 0.29) is 4.90 Å². The Bertz CT molecular complexity index is 273. The second-order valence-corrected chi connectivity index (χ2v) is 3.01. The van der Waals surface area contributed by atoms with Gasteiger partial charge in [0.25, 0.3) is 6.43 Å². The lowest BCUT2D eigenvalue weighted by molar-refractivity contribution is 0.145. The third-order valence-corrected chi connectivity index (χ3v) is 2.20. The van der Waals surface area contributed by atoms with Crippen LogP contribution in [0, 0.1) is 5.82 Å². The number of alkyl halides is 2. The van der Waals surface area contributed by atoms with Crippen LogP contribution in [-0.2, 0) is 0 Å². The lowest BCUT2D eigenvalue weighted by Crippen LogP contribution is -1.91. The molecular formula is C8H7F3S. The van der Waals surface area contributed by atoms with Crippen LogP contribution < -0.4 is 0 Å². The summed E-state index contributed by atoms with van der Waals surface area (Å²) < 4.78 is 37.2. The summed E-state index contributed by atoms with van der Waals surface area (Å²) in [5, 5.41) is 0. The minimum Gasteiger partial charge on any atom is -0.205 e. The van der Waals surface area contributed by atoms with Crippen LogP contribution in [0.3, 0.4) is 0 Å². The monoisotopic (exact) mass is 192 g/mol. The normalized spacial score (nSPS) is 10.8. The highest BCUT2D eigenvalue weighted by atomic mass is 32.2. The average Bonchev–Trinajstić information content (AvgIpc) is 2.04. The third-order valence-electron chi connectivity index (χ3n) is 1.45. The molecule has 4 heteroatoms. The Hall–Kier alpha value is -0.640. The molecule has 0 atom stereocenters. The van der Waals surface area contributed by atoms with Crippen LogP contribution >= 0.6 is 11.8 Å². The van der Waals surface area contributed by atoms with Gasteiger partial charge in [-0.15, -0.1) is 11.8 Å². The number of hydrogen-bond acceptors (Lipinski definition) is 1. The predicted molar refractivity (Wildman–Crippen MR) is 43.1 cm³/mol. The topological polar surface area (TPSA) is 0 Å². The van der Waals surface area contributed by atoms with Crippen molar-refractivity contribution in [1.29, 1.82) is 0 Å². The average molecular weight is 192 g/mol. The van der Waals surface area contributed by atoms with Crippen molar-refractivity contribution in [3.63, 3.8) is 0 Å². The van der Waals surface area contributed by atoms with Gasteiger partial charge in [0.2, 0.25) is 0 Å². The molecule has 0 heterocycles. The maximum atomic E-state index is 13.0. The molecule has 0 unspecified atom stereocenters. The van der Waals surface area contributed by atoms with Crippen molar-refractivity contribution in [2.45, 2.75) is 11.3 Å². The fourth-order valence-electron chi connectivity index (χ4n) is 0.854. The molecule has 0 aliphatic heterocycles. The number of halogens is 3. The first-order valence-electron chi connectivity index (χ1n) is 3.27. The maximum absolute atomic E-state index is 13.0. The Morgan fingerprint density at radius 3 is 2.50 bits per heavy atom. The van der Waals surface area contributed by atoms with Gasteiger partial charge in [-0.2, -0.15) is 0 Å². The van der Waals surface area contributed by atoms with Crippen LogP contribution in [-0.4, -0.2) is 6.26 Å². The summed E-state index contributed by atoms with van der Waals surface area (Å²) in [5.41, 5.74) is -0.526. The number of rotatable bonds is 2. The van der Waals surface area contributed by atoms with Crippen LogP contribution in [0.25, 0.3) is 0 Å². The van der Waals surface area contributed by atoms with Crippen LogP contribution in [0.5, 0.6) is 0 Å². The smallest absolute Gasteiger partial charge is 0.205 e. The Morgan fingerprint density at radius 1 is 1.33 bits per heavy atom. The molecule has 0 N–H and O–H groups in total. The lowest BCUT2D eigenvalue weighted by atomic mass is 10.2. The lowest BCUT2D eigenvalue weighted by Gasteiger charge is -2.04. The van der Waals surface area contributed by atoms with E-state index in [1.807, 2.05) is 0 Å². The summed E-state index contributed by atoms with van der Waals surface area (Å²) in [4.78, 5) is 0.257. The van der Waals surface area contributed by atoms with E-state index in [1.54, 1.807) is 6.26 Å². The predicted octanol–water partition coefficient (Wildman–Crippen LogP) is 3.49. The molecule has 1 aromatic carbocycles. The first kappa shape index (κ1) is 9.45. The summed E-state index contributed by atoms with van der Waals surface area (Å²) in [6, 6.07) is 4.00. The van der Waals surface area contributed by atoms with Crippen LogP contribution in [0.1, 0.15) is 12.0 Å². The molecule has 0 nitrogen and oxygen atoms in total. The zero-order valence-electron chi connectivity index (χ0n) is 6.35. The van der Waals surface area contributed by atoms with Gasteiger partial charge in [-0.25, -0.2) is 13.2 Å². The Balaban J connectivity index is 3.14. The standard InChI is InChI=1S/C8H7F3S/c1-12-6-4-2-3-5(7(6)9)8(10)11/h2-4,8H,1H3. The number of benzene rings is 1. The van der Waals surface area contributed by atoms with E-state index >= 15 is 0 Å². The van der Waals surface area contributed by atoms with Crippen molar-refractivity contribution in [2.75, 3.05) is 6.26 Å². The highest BCUT2D eigenvalue weighted by Crippen LogP contribution is 2.28. The van der Waals surface area contributed by atoms with Gasteiger partial charge in [0.05, 0.1) is 5.56 Å². The SMILES string of the molecule is CSc1cccc(C(F)F)c1F. The molecule has 0 amide bonds. The molecule has 0 bridgehead atoms. The second-order valence-electron chi connectivity index (χ2n) is 2.16. The molecule has 0 saturated heterocycles. The molecule has 1 aromatic rings. The van der Waals surface area contributed by atoms with E-state index in [0.717, 1.165) is 17.8 Å². The van der Waals surface area contributed by atoms with Crippen LogP contribution in [0.4, 0.5) is 13.2 Å². The van der Waals surface area contributed by atoms with E-state index in [0.29, 0.717) is 0 Å². The molecule has 0 saturated carbocycles. The Kier molecular flexibility index (Phi) is 3.03. The van der Waals surface area contributed by atoms with Crippen molar-refractivity contribution >= 4 is 11.8 Å². The van der Waals surface area contributed by atoms with Gasteiger partial charge in [-0.05, 0) is 12.3 Å². The summed E-state index contributed by atoms with van der Waals surface area (Å²) >= 11 is 1.12. The fourth-order valence-corrected chi connectivity index (χ4v) is 1.37. The Labute approximate surface area is 72.8 Å². The zero-order valence-corrected chi connectivity index (χ0v) is 7.17. The second kappa shape index (κ2) is 3.85. The van der Waals surface area contributed by atoms with Crippen LogP contribution in [0.15, 0.2) is 23.1 Å². The summed E-state index contributed by atoms with van der Waals surface area (Å²) in [7, 11) is 0. The molecular weight excluding hydrogens is 185 g/mol. The van der Waals surface area contributed by atoms with Crippen molar-refractivity contribution in [3.05, 3.63) is 29.6 Å². The molecule has 0 aliphatic rings. The quantitative estimate of drug-likeness (QED) is 0.646. The van der Waals surface area contributed by atoms with E-state index in [9.17, 15) is 13.2 Å². The summed E-state index contributed by atoms with van der Waals surface area (Å²) in [6.45, 7) is 0. The molecule has 66 valence electrons. The van der Waals surface area contributed by atoms with Crippen molar-refractivity contribution in [1.82, 2.24) is 0 Å². The van der Waals surface area contributed by atoms with Gasteiger partial charge in [0.1, 0.15) is 5.82 Å². The molecule has 0 aromatic heterocycles. The van der Waals surface area contributed by atoms with E-state index in [2.05, 4.69) is 0 Å². The maximum Gasteiger partial charge on any atom is 0.266 e. The van der Waals surface area contributed by atoms with Crippen molar-refractivity contribution in [2.24, 2.45) is 0 Å². The minimum absolute atomic E-state index is 0.257. The molecule has 0 spiro atoms. The fraction of sp³-hybridized carbons (Fsp3) is 0.250. The van der Waals surface area contributed by atoms with E-state index in [4.69, 9.17) is 0 Å². The molecule has 1 rings (SSSR count). The highest BCUT2D eigenvalue weighted by Gasteiger charge is 2.14. The first-order chi connectivity index (χ1) is 5.66. The molecule has 0 fully saturated rings. The van der Waals surface area contributed by atoms with Crippen molar-refractivity contribution in [3.8, 4) is 0 Å². The van der Waals surface area contributed by atoms with E-state index in [1.165, 1.54) is 12.1 Å². The van der Waals surface area contributed by atoms with Gasteiger partial charge in [0.15, 0.2) is 0 Å². The van der Waals surface area contributed by atoms with E-state index < -0.39 is 17.8 Å². The van der Waals surface area contributed by atoms with Gasteiger partial charge in [-0.3, -0.25) is 0 Å². The summed E-state index contributed by atoms with van der Waals surface area (Å²) in [5.74, 6) is -0.806. The zero-order chi connectivity index (χ0) is 9.14. The van der Waals surface area contributed by atoms with Gasteiger partial charge >= 0.3 is 0 Å². The van der Waals surface area contributed by atoms with Gasteiger partial charge in [-0.1, -0.05) is 12.1 Å². The van der Waals surface area contributed by atoms with Gasteiger partial charge in [0, 0.05) is 4.90 Å². The first-order valence-corrected chi connectivity index (χ1v) is 4.50. The highest BCUT2D eigenvalue weighted by molar-refractivity contribution is 7.98. The third kappa shape index (κ3) is 1.75. The minimum atomic E-state index is -2.74. The van der Waals surface area contributed by atoms with Gasteiger partial charge < -0.3 is 0 Å². The number of thioether (sulfide) groups is 1. The van der Waals surface area contributed by atoms with Crippen molar-refractivity contribution < 1.29 is 13.2 Å². The number of hydrogen-bond donors (Lipinski definition) is 0. The largest absolute Gasteiger partial charge is 0.266 e. The Morgan fingerprint density at radius 2 is 2.00 bits per heavy atom. The molecule has 0 aliphatic carbocycles. The molecule has 0 radical (unpaired) electrons. The van der Waals surface area contributed by atoms with Crippen LogP contribution in [0.2, 0.25) is 0 Å². The summed E-state index contributed by atoms with van der Waals surface area (Å²) in [6.07, 6.45) is -1.09. The molecule has 12 heavy (non-hydrogen) atoms.